The van der Waals surface area contributed by atoms with Crippen LogP contribution >= 0.6 is 0 Å². The van der Waals surface area contributed by atoms with Gasteiger partial charge in [-0.1, -0.05) is 6.07 Å². The lowest BCUT2D eigenvalue weighted by atomic mass is 10.0. The third-order valence-corrected chi connectivity index (χ3v) is 4.61. The molecule has 0 radical (unpaired) electrons. The molecule has 0 spiro atoms. The van der Waals surface area contributed by atoms with Crippen LogP contribution in [0.2, 0.25) is 0 Å². The molecule has 2 amide bonds. The number of rotatable bonds is 6. The quantitative estimate of drug-likeness (QED) is 0.773. The molecular formula is C20H32N4O3. The largest absolute Gasteiger partial charge is 0.444 e. The Labute approximate surface area is 162 Å². The Bertz CT molecular complexity index is 607. The molecule has 7 nitrogen and oxygen atoms in total. The van der Waals surface area contributed by atoms with Crippen molar-refractivity contribution in [2.45, 2.75) is 58.1 Å². The number of nitrogens with zero attached hydrogens (tertiary/aromatic N) is 3. The zero-order chi connectivity index (χ0) is 19.9. The van der Waals surface area contributed by atoms with Gasteiger partial charge >= 0.3 is 6.09 Å². The fraction of sp³-hybridized carbons (Fsp3) is 0.650. The monoisotopic (exact) mass is 376 g/mol. The number of ether oxygens (including phenoxy) is 1. The van der Waals surface area contributed by atoms with E-state index in [-0.39, 0.29) is 11.9 Å². The Morgan fingerprint density at radius 1 is 1.30 bits per heavy atom. The first-order valence-corrected chi connectivity index (χ1v) is 9.65. The molecular weight excluding hydrogens is 344 g/mol. The zero-order valence-corrected chi connectivity index (χ0v) is 16.9. The van der Waals surface area contributed by atoms with Crippen molar-refractivity contribution in [1.82, 2.24) is 15.2 Å². The first-order chi connectivity index (χ1) is 12.8. The van der Waals surface area contributed by atoms with Gasteiger partial charge in [-0.3, -0.25) is 4.79 Å². The minimum atomic E-state index is -0.510. The first kappa shape index (κ1) is 21.0. The third kappa shape index (κ3) is 7.07. The lowest BCUT2D eigenvalue weighted by molar-refractivity contribution is -0.132. The Morgan fingerprint density at radius 2 is 2.00 bits per heavy atom. The number of carbonyl (C=O) groups excluding carboxylic acids is 2. The van der Waals surface area contributed by atoms with E-state index in [1.54, 1.807) is 0 Å². The molecule has 1 N–H and O–H groups in total. The molecule has 0 bridgehead atoms. The van der Waals surface area contributed by atoms with Gasteiger partial charge in [0.25, 0.3) is 0 Å². The lowest BCUT2D eigenvalue weighted by Gasteiger charge is -2.37. The van der Waals surface area contributed by atoms with Crippen LogP contribution in [-0.2, 0) is 9.53 Å². The van der Waals surface area contributed by atoms with Crippen LogP contribution in [0.15, 0.2) is 24.4 Å². The molecule has 2 heterocycles. The maximum Gasteiger partial charge on any atom is 0.407 e. The summed E-state index contributed by atoms with van der Waals surface area (Å²) in [5, 5.41) is 2.69. The summed E-state index contributed by atoms with van der Waals surface area (Å²) in [5.74, 6) is 1.12. The number of nitrogens with one attached hydrogen (secondary N) is 1. The van der Waals surface area contributed by atoms with Crippen LogP contribution in [-0.4, -0.2) is 60.2 Å². The van der Waals surface area contributed by atoms with Crippen molar-refractivity contribution in [1.29, 1.82) is 0 Å². The van der Waals surface area contributed by atoms with Gasteiger partial charge < -0.3 is 19.9 Å². The van der Waals surface area contributed by atoms with Gasteiger partial charge in [0.05, 0.1) is 0 Å². The van der Waals surface area contributed by atoms with Gasteiger partial charge in [-0.2, -0.15) is 0 Å². The molecule has 1 aliphatic rings. The molecule has 1 fully saturated rings. The van der Waals surface area contributed by atoms with E-state index >= 15 is 0 Å². The molecule has 2 rings (SSSR count). The fourth-order valence-corrected chi connectivity index (χ4v) is 3.15. The van der Waals surface area contributed by atoms with Crippen LogP contribution in [0.25, 0.3) is 0 Å². The molecule has 1 aromatic rings. The third-order valence-electron chi connectivity index (χ3n) is 4.61. The summed E-state index contributed by atoms with van der Waals surface area (Å²) in [6.07, 6.45) is 4.28. The van der Waals surface area contributed by atoms with Crippen LogP contribution < -0.4 is 10.2 Å². The number of hydrogen-bond donors (Lipinski definition) is 1. The summed E-state index contributed by atoms with van der Waals surface area (Å²) < 4.78 is 5.18. The zero-order valence-electron chi connectivity index (χ0n) is 16.9. The van der Waals surface area contributed by atoms with Gasteiger partial charge in [0.15, 0.2) is 0 Å². The summed E-state index contributed by atoms with van der Waals surface area (Å²) >= 11 is 0. The van der Waals surface area contributed by atoms with Gasteiger partial charge in [-0.15, -0.1) is 0 Å². The summed E-state index contributed by atoms with van der Waals surface area (Å²) in [7, 11) is 1.88. The maximum atomic E-state index is 12.4. The highest BCUT2D eigenvalue weighted by atomic mass is 16.6. The minimum Gasteiger partial charge on any atom is -0.444 e. The Morgan fingerprint density at radius 3 is 2.59 bits per heavy atom. The van der Waals surface area contributed by atoms with Crippen LogP contribution in [0.5, 0.6) is 0 Å². The predicted molar refractivity (Wildman–Crippen MR) is 106 cm³/mol. The molecule has 150 valence electrons. The van der Waals surface area contributed by atoms with E-state index in [1.165, 1.54) is 0 Å². The normalized spacial score (nSPS) is 15.3. The van der Waals surface area contributed by atoms with Crippen molar-refractivity contribution in [3.05, 3.63) is 24.4 Å². The minimum absolute atomic E-state index is 0.122. The van der Waals surface area contributed by atoms with Gasteiger partial charge in [-0.05, 0) is 52.2 Å². The summed E-state index contributed by atoms with van der Waals surface area (Å²) in [5.41, 5.74) is -0.510. The van der Waals surface area contributed by atoms with Crippen molar-refractivity contribution in [2.24, 2.45) is 0 Å². The summed E-state index contributed by atoms with van der Waals surface area (Å²) in [6, 6.07) is 6.19. The van der Waals surface area contributed by atoms with Gasteiger partial charge in [-0.25, -0.2) is 9.78 Å². The van der Waals surface area contributed by atoms with Crippen molar-refractivity contribution < 1.29 is 14.3 Å². The Balaban J connectivity index is 1.66. The van der Waals surface area contributed by atoms with Crippen molar-refractivity contribution in [3.63, 3.8) is 0 Å². The van der Waals surface area contributed by atoms with E-state index in [1.807, 2.05) is 57.1 Å². The van der Waals surface area contributed by atoms with E-state index in [9.17, 15) is 9.59 Å². The highest BCUT2D eigenvalue weighted by Gasteiger charge is 2.25. The molecule has 7 heteroatoms. The average molecular weight is 377 g/mol. The van der Waals surface area contributed by atoms with Crippen molar-refractivity contribution in [2.75, 3.05) is 31.6 Å². The molecule has 0 atom stereocenters. The number of anilines is 1. The second-order valence-electron chi connectivity index (χ2n) is 7.94. The molecule has 0 saturated carbocycles. The van der Waals surface area contributed by atoms with Gasteiger partial charge in [0.1, 0.15) is 11.4 Å². The molecule has 27 heavy (non-hydrogen) atoms. The molecule has 1 aliphatic heterocycles. The van der Waals surface area contributed by atoms with Crippen LogP contribution in [0.4, 0.5) is 10.6 Å². The molecule has 1 aromatic heterocycles. The smallest absolute Gasteiger partial charge is 0.407 e. The molecule has 0 unspecified atom stereocenters. The topological polar surface area (TPSA) is 74.8 Å². The average Bonchev–Trinajstić information content (AvgIpc) is 2.64. The van der Waals surface area contributed by atoms with E-state index in [2.05, 4.69) is 15.2 Å². The highest BCUT2D eigenvalue weighted by molar-refractivity contribution is 5.76. The number of amides is 2. The van der Waals surface area contributed by atoms with Crippen LogP contribution in [0.1, 0.15) is 46.5 Å². The number of alkyl carbamates (subject to hydrolysis) is 1. The predicted octanol–water partition coefficient (Wildman–Crippen LogP) is 2.81. The maximum absolute atomic E-state index is 12.4. The van der Waals surface area contributed by atoms with E-state index in [0.29, 0.717) is 19.4 Å². The lowest BCUT2D eigenvalue weighted by Crippen LogP contribution is -2.46. The highest BCUT2D eigenvalue weighted by Crippen LogP contribution is 2.20. The van der Waals surface area contributed by atoms with Crippen LogP contribution in [0.3, 0.4) is 0 Å². The van der Waals surface area contributed by atoms with Gasteiger partial charge in [0.2, 0.25) is 5.91 Å². The first-order valence-electron chi connectivity index (χ1n) is 9.65. The number of pyridine rings is 1. The number of piperidine rings is 1. The Kier molecular flexibility index (Phi) is 7.45. The van der Waals surface area contributed by atoms with Crippen molar-refractivity contribution in [3.8, 4) is 0 Å². The standard InChI is InChI=1S/C20H32N4O3/c1-20(2,3)27-19(26)22-13-7-9-18(25)23(4)16-10-14-24(15-11-16)17-8-5-6-12-21-17/h5-6,8,12,16H,7,9-11,13-15H2,1-4H3,(H,22,26). The van der Waals surface area contributed by atoms with Crippen molar-refractivity contribution >= 4 is 17.8 Å². The van der Waals surface area contributed by atoms with E-state index in [0.717, 1.165) is 31.7 Å². The van der Waals surface area contributed by atoms with Crippen LogP contribution in [0, 0.1) is 0 Å². The number of hydrogen-bond acceptors (Lipinski definition) is 5. The van der Waals surface area contributed by atoms with E-state index in [4.69, 9.17) is 4.74 Å². The summed E-state index contributed by atoms with van der Waals surface area (Å²) in [6.45, 7) is 7.71. The number of carbonyl (C=O) groups is 2. The second-order valence-corrected chi connectivity index (χ2v) is 7.94. The fourth-order valence-electron chi connectivity index (χ4n) is 3.15. The summed E-state index contributed by atoms with van der Waals surface area (Å²) in [4.78, 5) is 32.5. The molecule has 0 aromatic carbocycles. The molecule has 1 saturated heterocycles. The van der Waals surface area contributed by atoms with Gasteiger partial charge in [0, 0.05) is 45.3 Å². The number of aromatic nitrogens is 1. The second kappa shape index (κ2) is 9.58. The molecule has 0 aliphatic carbocycles. The Hall–Kier alpha value is -2.31. The van der Waals surface area contributed by atoms with E-state index < -0.39 is 11.7 Å². The SMILES string of the molecule is CN(C(=O)CCCNC(=O)OC(C)(C)C)C1CCN(c2ccccn2)CC1.